The summed E-state index contributed by atoms with van der Waals surface area (Å²) in [6.45, 7) is -0.131. The monoisotopic (exact) mass is 449 g/mol. The fourth-order valence-electron chi connectivity index (χ4n) is 2.87. The van der Waals surface area contributed by atoms with E-state index in [1.807, 2.05) is 18.2 Å². The molecule has 1 aliphatic rings. The van der Waals surface area contributed by atoms with Gasteiger partial charge >= 0.3 is 6.18 Å². The first-order valence-electron chi connectivity index (χ1n) is 8.86. The first kappa shape index (κ1) is 20.4. The highest BCUT2D eigenvalue weighted by Crippen LogP contribution is 2.40. The molecule has 1 aliphatic heterocycles. The van der Waals surface area contributed by atoms with Gasteiger partial charge in [-0.05, 0) is 47.8 Å². The van der Waals surface area contributed by atoms with Crippen molar-refractivity contribution >= 4 is 35.2 Å². The molecule has 0 saturated carbocycles. The molecule has 1 heterocycles. The molecule has 2 N–H and O–H groups in total. The largest absolute Gasteiger partial charge is 0.454 e. The summed E-state index contributed by atoms with van der Waals surface area (Å²) in [5.41, 5.74) is 0.0579. The van der Waals surface area contributed by atoms with E-state index in [2.05, 4.69) is 15.0 Å². The van der Waals surface area contributed by atoms with Crippen LogP contribution in [0.2, 0.25) is 5.02 Å². The highest BCUT2D eigenvalue weighted by atomic mass is 35.5. The second-order valence-corrected chi connectivity index (χ2v) is 7.57. The molecule has 154 valence electrons. The number of para-hydroxylation sites is 2. The van der Waals surface area contributed by atoms with Crippen LogP contribution in [0.15, 0.2) is 76.6 Å². The van der Waals surface area contributed by atoms with Crippen LogP contribution < -0.4 is 14.8 Å². The third-order valence-electron chi connectivity index (χ3n) is 4.28. The molecular formula is C21H15ClF3N3OS. The van der Waals surface area contributed by atoms with Gasteiger partial charge in [0.25, 0.3) is 0 Å². The highest BCUT2D eigenvalue weighted by Gasteiger charge is 2.32. The van der Waals surface area contributed by atoms with Crippen molar-refractivity contribution in [2.24, 2.45) is 4.99 Å². The molecule has 0 fully saturated rings. The van der Waals surface area contributed by atoms with Crippen molar-refractivity contribution < 1.29 is 17.9 Å². The fourth-order valence-corrected chi connectivity index (χ4v) is 3.77. The molecule has 0 atom stereocenters. The molecule has 4 nitrogen and oxygen atoms in total. The van der Waals surface area contributed by atoms with Crippen molar-refractivity contribution in [2.75, 3.05) is 5.32 Å². The van der Waals surface area contributed by atoms with Crippen molar-refractivity contribution in [2.45, 2.75) is 17.6 Å². The van der Waals surface area contributed by atoms with Crippen LogP contribution in [-0.4, -0.2) is 5.96 Å². The summed E-state index contributed by atoms with van der Waals surface area (Å²) >= 11 is 7.47. The molecule has 0 saturated heterocycles. The van der Waals surface area contributed by atoms with Gasteiger partial charge in [-0.1, -0.05) is 48.0 Å². The standard InChI is InChI=1S/C21H15ClF3N3OS/c22-15-8-3-4-9-16(15)29-17-10-5-11-18-19(17)27-20(28-30-18)26-12-13-6-1-2-7-14(13)21(23,24)25/h1-11H,12H2,(H2,26,27,28). The first-order valence-corrected chi connectivity index (χ1v) is 10.1. The van der Waals surface area contributed by atoms with Gasteiger partial charge in [-0.3, -0.25) is 4.72 Å². The number of nitrogens with zero attached hydrogens (tertiary/aromatic N) is 1. The summed E-state index contributed by atoms with van der Waals surface area (Å²) < 4.78 is 48.5. The van der Waals surface area contributed by atoms with Crippen LogP contribution >= 0.6 is 23.5 Å². The third kappa shape index (κ3) is 4.49. The van der Waals surface area contributed by atoms with Crippen LogP contribution in [0, 0.1) is 0 Å². The van der Waals surface area contributed by atoms with Crippen LogP contribution in [0.4, 0.5) is 18.9 Å². The van der Waals surface area contributed by atoms with Crippen LogP contribution in [0.5, 0.6) is 11.5 Å². The Balaban J connectivity index is 1.58. The zero-order chi connectivity index (χ0) is 21.1. The summed E-state index contributed by atoms with van der Waals surface area (Å²) in [6, 6.07) is 18.0. The fraction of sp³-hybridized carbons (Fsp3) is 0.0952. The van der Waals surface area contributed by atoms with E-state index in [4.69, 9.17) is 16.3 Å². The van der Waals surface area contributed by atoms with Crippen LogP contribution in [0.3, 0.4) is 0 Å². The maximum absolute atomic E-state index is 13.2. The Morgan fingerprint density at radius 2 is 1.67 bits per heavy atom. The van der Waals surface area contributed by atoms with Crippen molar-refractivity contribution in [3.05, 3.63) is 82.9 Å². The number of guanidine groups is 1. The van der Waals surface area contributed by atoms with Crippen LogP contribution in [0.25, 0.3) is 0 Å². The Bertz CT molecular complexity index is 1100. The van der Waals surface area contributed by atoms with Gasteiger partial charge in [0.15, 0.2) is 5.75 Å². The predicted molar refractivity (Wildman–Crippen MR) is 113 cm³/mol. The van der Waals surface area contributed by atoms with Crippen molar-refractivity contribution in [1.82, 2.24) is 4.72 Å². The van der Waals surface area contributed by atoms with Gasteiger partial charge in [0.2, 0.25) is 5.96 Å². The predicted octanol–water partition coefficient (Wildman–Crippen LogP) is 6.73. The van der Waals surface area contributed by atoms with Gasteiger partial charge in [-0.2, -0.15) is 13.2 Å². The number of rotatable bonds is 4. The molecule has 0 unspecified atom stereocenters. The number of hydrogen-bond donors (Lipinski definition) is 2. The van der Waals surface area contributed by atoms with E-state index < -0.39 is 11.7 Å². The highest BCUT2D eigenvalue weighted by molar-refractivity contribution is 7.98. The summed E-state index contributed by atoms with van der Waals surface area (Å²) in [5, 5.41) is 3.57. The Labute approximate surface area is 180 Å². The first-order chi connectivity index (χ1) is 14.4. The van der Waals surface area contributed by atoms with Gasteiger partial charge in [-0.15, -0.1) is 0 Å². The maximum atomic E-state index is 13.2. The minimum Gasteiger partial charge on any atom is -0.454 e. The molecule has 0 aliphatic carbocycles. The molecule has 9 heteroatoms. The number of nitrogens with one attached hydrogen (secondary N) is 2. The summed E-state index contributed by atoms with van der Waals surface area (Å²) in [4.78, 5) is 5.14. The van der Waals surface area contributed by atoms with E-state index in [0.717, 1.165) is 11.0 Å². The minimum absolute atomic E-state index is 0.0949. The van der Waals surface area contributed by atoms with Crippen molar-refractivity contribution in [1.29, 1.82) is 0 Å². The number of alkyl halides is 3. The van der Waals surface area contributed by atoms with E-state index in [9.17, 15) is 13.2 Å². The lowest BCUT2D eigenvalue weighted by Crippen LogP contribution is -2.29. The van der Waals surface area contributed by atoms with Crippen molar-refractivity contribution in [3.8, 4) is 11.5 Å². The minimum atomic E-state index is -4.43. The molecule has 0 aromatic heterocycles. The quantitative estimate of drug-likeness (QED) is 0.433. The molecular weight excluding hydrogens is 435 g/mol. The average molecular weight is 450 g/mol. The second-order valence-electron chi connectivity index (χ2n) is 6.31. The van der Waals surface area contributed by atoms with E-state index in [1.54, 1.807) is 30.3 Å². The SMILES string of the molecule is FC(F)(F)c1ccccc1CN=C1NSc2cccc(Oc3ccccc3Cl)c2N1. The Kier molecular flexibility index (Phi) is 5.78. The number of hydrogen-bond acceptors (Lipinski definition) is 3. The number of halogens is 4. The molecule has 3 aromatic carbocycles. The lowest BCUT2D eigenvalue weighted by Gasteiger charge is -2.23. The van der Waals surface area contributed by atoms with Gasteiger partial charge in [0.05, 0.1) is 27.7 Å². The smallest absolute Gasteiger partial charge is 0.416 e. The van der Waals surface area contributed by atoms with Gasteiger partial charge in [0.1, 0.15) is 5.75 Å². The molecule has 3 aromatic rings. The maximum Gasteiger partial charge on any atom is 0.416 e. The number of benzene rings is 3. The molecule has 0 radical (unpaired) electrons. The van der Waals surface area contributed by atoms with Crippen LogP contribution in [0.1, 0.15) is 11.1 Å². The Hall–Kier alpha value is -2.84. The number of fused-ring (bicyclic) bond motifs is 1. The lowest BCUT2D eigenvalue weighted by molar-refractivity contribution is -0.138. The van der Waals surface area contributed by atoms with E-state index in [-0.39, 0.29) is 12.1 Å². The zero-order valence-electron chi connectivity index (χ0n) is 15.3. The topological polar surface area (TPSA) is 45.7 Å². The van der Waals surface area contributed by atoms with E-state index in [1.165, 1.54) is 24.1 Å². The Morgan fingerprint density at radius 3 is 2.47 bits per heavy atom. The van der Waals surface area contributed by atoms with Crippen molar-refractivity contribution in [3.63, 3.8) is 0 Å². The average Bonchev–Trinajstić information content (AvgIpc) is 2.73. The molecule has 0 bridgehead atoms. The second kappa shape index (κ2) is 8.49. The summed E-state index contributed by atoms with van der Waals surface area (Å²) in [7, 11) is 0. The normalized spacial score (nSPS) is 14.6. The third-order valence-corrected chi connectivity index (χ3v) is 5.44. The molecule has 0 spiro atoms. The van der Waals surface area contributed by atoms with E-state index in [0.29, 0.717) is 28.2 Å². The number of anilines is 1. The molecule has 30 heavy (non-hydrogen) atoms. The van der Waals surface area contributed by atoms with Gasteiger partial charge in [-0.25, -0.2) is 4.99 Å². The molecule has 0 amide bonds. The summed E-state index contributed by atoms with van der Waals surface area (Å²) in [6.07, 6.45) is -4.43. The number of ether oxygens (including phenoxy) is 1. The molecule has 4 rings (SSSR count). The lowest BCUT2D eigenvalue weighted by atomic mass is 10.1. The Morgan fingerprint density at radius 1 is 0.933 bits per heavy atom. The number of aliphatic imine (C=N–C) groups is 1. The van der Waals surface area contributed by atoms with Gasteiger partial charge < -0.3 is 10.1 Å². The van der Waals surface area contributed by atoms with Crippen LogP contribution in [-0.2, 0) is 12.7 Å². The summed E-state index contributed by atoms with van der Waals surface area (Å²) in [5.74, 6) is 1.35. The zero-order valence-corrected chi connectivity index (χ0v) is 16.9. The van der Waals surface area contributed by atoms with E-state index >= 15 is 0 Å². The van der Waals surface area contributed by atoms with Gasteiger partial charge in [0, 0.05) is 0 Å².